The van der Waals surface area contributed by atoms with Crippen LogP contribution >= 0.6 is 0 Å². The van der Waals surface area contributed by atoms with Crippen molar-refractivity contribution in [3.8, 4) is 0 Å². The molecule has 1 N–H and O–H groups in total. The first kappa shape index (κ1) is 35.5. The molecule has 50 heavy (non-hydrogen) atoms. The lowest BCUT2D eigenvalue weighted by atomic mass is 9.74. The molecule has 266 valence electrons. The number of amides is 3. The zero-order valence-corrected chi connectivity index (χ0v) is 29.8. The van der Waals surface area contributed by atoms with Gasteiger partial charge in [0.2, 0.25) is 11.8 Å². The number of likely N-dealkylation sites (tertiary alicyclic amines) is 1. The van der Waals surface area contributed by atoms with E-state index in [1.807, 2.05) is 95.3 Å². The van der Waals surface area contributed by atoms with Crippen molar-refractivity contribution >= 4 is 29.4 Å². The van der Waals surface area contributed by atoms with E-state index in [2.05, 4.69) is 0 Å². The molecule has 4 aliphatic heterocycles. The van der Waals surface area contributed by atoms with E-state index in [4.69, 9.17) is 9.47 Å². The van der Waals surface area contributed by atoms with E-state index >= 15 is 4.79 Å². The van der Waals surface area contributed by atoms with Crippen LogP contribution in [0.5, 0.6) is 0 Å². The molecule has 5 bridgehead atoms. The highest BCUT2D eigenvalue weighted by Crippen LogP contribution is 2.57. The van der Waals surface area contributed by atoms with Crippen LogP contribution in [0.15, 0.2) is 72.8 Å². The van der Waals surface area contributed by atoms with Gasteiger partial charge in [0.1, 0.15) is 23.7 Å². The molecule has 0 aliphatic carbocycles. The van der Waals surface area contributed by atoms with Gasteiger partial charge in [0.05, 0.1) is 30.7 Å². The maximum absolute atomic E-state index is 15.3. The van der Waals surface area contributed by atoms with Crippen LogP contribution in [0.1, 0.15) is 62.8 Å². The number of aryl methyl sites for hydroxylation is 2. The zero-order chi connectivity index (χ0) is 35.9. The third-order valence-electron chi connectivity index (χ3n) is 11.4. The van der Waals surface area contributed by atoms with Crippen molar-refractivity contribution in [3.63, 3.8) is 0 Å². The van der Waals surface area contributed by atoms with Gasteiger partial charge in [-0.25, -0.2) is 0 Å². The molecule has 4 aliphatic rings. The number of esters is 1. The van der Waals surface area contributed by atoms with Crippen LogP contribution < -0.4 is 4.90 Å². The number of carbonyl (C=O) groups is 4. The number of aliphatic hydroxyl groups excluding tert-OH is 1. The fraction of sp³-hybridized carbons (Fsp3) is 0.500. The standard InChI is InChI=1S/C40H49N3O7/c1-7-24(2)29(23-44)43-36-38(47)42(34-25(3)15-14-16-26(34)4)22-13-9-12-19-31(45)41(6)27(5)35(28-17-10-8-11-18-28)49-39(48)32-30-20-21-40(36,50-30)33(32)37(43)46/h8-11,13-18,20-21,24,27,29-30,32-33,35-36,44H,7,12,19,22-23H2,1-6H3/b13-9-/t24-,27-,29-,30+,32-,33-,35+,36+,40-/m0/s1. The van der Waals surface area contributed by atoms with Crippen LogP contribution in [0.4, 0.5) is 5.69 Å². The summed E-state index contributed by atoms with van der Waals surface area (Å²) in [6, 6.07) is 12.7. The van der Waals surface area contributed by atoms with E-state index in [1.54, 1.807) is 29.0 Å². The van der Waals surface area contributed by atoms with Gasteiger partial charge in [-0.1, -0.05) is 93.1 Å². The van der Waals surface area contributed by atoms with Gasteiger partial charge < -0.3 is 29.3 Å². The molecule has 6 rings (SSSR count). The number of carbonyl (C=O) groups excluding carboxylic acids is 4. The Labute approximate surface area is 294 Å². The summed E-state index contributed by atoms with van der Waals surface area (Å²) in [6.45, 7) is 9.51. The summed E-state index contributed by atoms with van der Waals surface area (Å²) in [5.41, 5.74) is 1.76. The Morgan fingerprint density at radius 3 is 2.34 bits per heavy atom. The minimum atomic E-state index is -1.45. The molecule has 4 heterocycles. The van der Waals surface area contributed by atoms with Crippen LogP contribution in [0, 0.1) is 31.6 Å². The number of para-hydroxylation sites is 1. The number of ether oxygens (including phenoxy) is 2. The Balaban J connectivity index is 1.52. The summed E-state index contributed by atoms with van der Waals surface area (Å²) in [4.78, 5) is 62.9. The number of nitrogens with zero attached hydrogens (tertiary/aromatic N) is 3. The maximum Gasteiger partial charge on any atom is 0.313 e. The number of fused-ring (bicyclic) bond motifs is 2. The fourth-order valence-corrected chi connectivity index (χ4v) is 8.40. The molecule has 3 amide bonds. The van der Waals surface area contributed by atoms with Crippen molar-refractivity contribution in [2.75, 3.05) is 25.1 Å². The van der Waals surface area contributed by atoms with Gasteiger partial charge in [-0.3, -0.25) is 19.2 Å². The molecule has 0 radical (unpaired) electrons. The predicted molar refractivity (Wildman–Crippen MR) is 189 cm³/mol. The molecular weight excluding hydrogens is 634 g/mol. The van der Waals surface area contributed by atoms with Crippen molar-refractivity contribution in [3.05, 3.63) is 89.5 Å². The van der Waals surface area contributed by atoms with E-state index in [-0.39, 0.29) is 37.3 Å². The molecule has 2 aromatic carbocycles. The van der Waals surface area contributed by atoms with Gasteiger partial charge >= 0.3 is 5.97 Å². The van der Waals surface area contributed by atoms with E-state index < -0.39 is 59.6 Å². The van der Waals surface area contributed by atoms with Gasteiger partial charge in [0.25, 0.3) is 5.91 Å². The van der Waals surface area contributed by atoms with E-state index in [9.17, 15) is 19.5 Å². The number of likely N-dealkylation sites (N-methyl/N-ethyl adjacent to an activating group) is 1. The highest BCUT2D eigenvalue weighted by atomic mass is 16.6. The second-order valence-electron chi connectivity index (χ2n) is 14.3. The first-order chi connectivity index (χ1) is 24.0. The summed E-state index contributed by atoms with van der Waals surface area (Å²) >= 11 is 0. The van der Waals surface area contributed by atoms with E-state index in [1.165, 1.54) is 4.90 Å². The Morgan fingerprint density at radius 2 is 1.68 bits per heavy atom. The number of hydrogen-bond acceptors (Lipinski definition) is 7. The summed E-state index contributed by atoms with van der Waals surface area (Å²) in [7, 11) is 1.71. The maximum atomic E-state index is 15.3. The second-order valence-corrected chi connectivity index (χ2v) is 14.3. The lowest BCUT2D eigenvalue weighted by molar-refractivity contribution is -0.164. The Hall–Kier alpha value is -4.28. The van der Waals surface area contributed by atoms with Crippen molar-refractivity contribution in [1.82, 2.24) is 9.80 Å². The van der Waals surface area contributed by atoms with Crippen LogP contribution in [-0.2, 0) is 28.7 Å². The average Bonchev–Trinajstić information content (AvgIpc) is 3.76. The molecular formula is C40H49N3O7. The Bertz CT molecular complexity index is 1670. The highest BCUT2D eigenvalue weighted by Gasteiger charge is 2.74. The minimum Gasteiger partial charge on any atom is -0.455 e. The normalized spacial score (nSPS) is 31.9. The first-order valence-electron chi connectivity index (χ1n) is 17.8. The minimum absolute atomic E-state index is 0.110. The van der Waals surface area contributed by atoms with Crippen LogP contribution in [-0.4, -0.2) is 88.6 Å². The first-order valence-corrected chi connectivity index (χ1v) is 17.8. The fourth-order valence-electron chi connectivity index (χ4n) is 8.40. The molecule has 10 nitrogen and oxygen atoms in total. The molecule has 2 aromatic rings. The molecule has 0 saturated carbocycles. The smallest absolute Gasteiger partial charge is 0.313 e. The molecule has 2 fully saturated rings. The van der Waals surface area contributed by atoms with Crippen LogP contribution in [0.3, 0.4) is 0 Å². The quantitative estimate of drug-likeness (QED) is 0.348. The van der Waals surface area contributed by atoms with Crippen molar-refractivity contribution in [1.29, 1.82) is 0 Å². The zero-order valence-electron chi connectivity index (χ0n) is 29.8. The molecule has 0 aromatic heterocycles. The summed E-state index contributed by atoms with van der Waals surface area (Å²) < 4.78 is 13.0. The molecule has 1 spiro atoms. The van der Waals surface area contributed by atoms with Crippen molar-refractivity contribution in [2.24, 2.45) is 17.8 Å². The number of anilines is 1. The largest absolute Gasteiger partial charge is 0.455 e. The number of aliphatic hydroxyl groups is 1. The number of benzene rings is 2. The van der Waals surface area contributed by atoms with Gasteiger partial charge in [-0.2, -0.15) is 0 Å². The van der Waals surface area contributed by atoms with E-state index in [0.717, 1.165) is 16.8 Å². The highest BCUT2D eigenvalue weighted by molar-refractivity contribution is 6.06. The predicted octanol–water partition coefficient (Wildman–Crippen LogP) is 4.68. The summed E-state index contributed by atoms with van der Waals surface area (Å²) in [6.07, 6.45) is 7.06. The Morgan fingerprint density at radius 1 is 0.980 bits per heavy atom. The van der Waals surface area contributed by atoms with Gasteiger partial charge in [-0.15, -0.1) is 0 Å². The number of hydrogen-bond donors (Lipinski definition) is 1. The van der Waals surface area contributed by atoms with Crippen LogP contribution in [0.2, 0.25) is 0 Å². The third-order valence-corrected chi connectivity index (χ3v) is 11.4. The SMILES string of the molecule is CC[C@H](C)[C@H](CO)N1C(=O)[C@@H]2[C@H]3C(=O)O[C@@H](c4ccccc4)[C@H](C)N(C)C(=O)CC/C=C\CN(c4c(C)cccc4C)C(=O)[C@@H]1[C@]21C=C[C@H]3O1. The lowest BCUT2D eigenvalue weighted by Crippen LogP contribution is -2.60. The third kappa shape index (κ3) is 5.86. The van der Waals surface area contributed by atoms with Gasteiger partial charge in [0.15, 0.2) is 0 Å². The van der Waals surface area contributed by atoms with Crippen molar-refractivity contribution < 1.29 is 33.8 Å². The average molecular weight is 684 g/mol. The summed E-state index contributed by atoms with van der Waals surface area (Å²) in [5.74, 6) is -3.74. The summed E-state index contributed by atoms with van der Waals surface area (Å²) in [5, 5.41) is 10.8. The van der Waals surface area contributed by atoms with E-state index in [0.29, 0.717) is 18.4 Å². The Kier molecular flexibility index (Phi) is 10.1. The number of cyclic esters (lactones) is 1. The van der Waals surface area contributed by atoms with Gasteiger partial charge in [0, 0.05) is 25.7 Å². The number of allylic oxidation sites excluding steroid dienone is 1. The lowest BCUT2D eigenvalue weighted by Gasteiger charge is -2.41. The van der Waals surface area contributed by atoms with Gasteiger partial charge in [-0.05, 0) is 49.8 Å². The molecule has 0 unspecified atom stereocenters. The molecule has 2 saturated heterocycles. The second kappa shape index (κ2) is 14.2. The number of rotatable bonds is 6. The van der Waals surface area contributed by atoms with Crippen LogP contribution in [0.25, 0.3) is 0 Å². The topological polar surface area (TPSA) is 117 Å². The van der Waals surface area contributed by atoms with Crippen molar-refractivity contribution in [2.45, 2.75) is 89.8 Å². The monoisotopic (exact) mass is 683 g/mol. The molecule has 10 heteroatoms. The molecule has 9 atom stereocenters.